The van der Waals surface area contributed by atoms with Crippen LogP contribution in [0.3, 0.4) is 0 Å². The molecule has 4 nitrogen and oxygen atoms in total. The predicted octanol–water partition coefficient (Wildman–Crippen LogP) is 2.63. The van der Waals surface area contributed by atoms with Gasteiger partial charge in [0.05, 0.1) is 11.1 Å². The molecule has 20 heavy (non-hydrogen) atoms. The summed E-state index contributed by atoms with van der Waals surface area (Å²) in [4.78, 5) is 25.6. The van der Waals surface area contributed by atoms with Crippen LogP contribution in [-0.4, -0.2) is 10.8 Å². The molecule has 1 heterocycles. The van der Waals surface area contributed by atoms with Gasteiger partial charge >= 0.3 is 5.76 Å². The zero-order chi connectivity index (χ0) is 14.3. The molecule has 2 aromatic carbocycles. The van der Waals surface area contributed by atoms with Crippen LogP contribution in [-0.2, 0) is 0 Å². The normalized spacial score (nSPS) is 10.9. The summed E-state index contributed by atoms with van der Waals surface area (Å²) in [7, 11) is 0. The largest absolute Gasteiger partial charge is 0.417 e. The van der Waals surface area contributed by atoms with Gasteiger partial charge in [0, 0.05) is 11.6 Å². The third-order valence-corrected chi connectivity index (χ3v) is 2.86. The molecule has 0 atom stereocenters. The van der Waals surface area contributed by atoms with Crippen LogP contribution in [0.25, 0.3) is 11.1 Å². The van der Waals surface area contributed by atoms with Crippen LogP contribution in [0.2, 0.25) is 0 Å². The first-order valence-corrected chi connectivity index (χ1v) is 5.67. The van der Waals surface area contributed by atoms with Crippen molar-refractivity contribution in [3.05, 3.63) is 69.7 Å². The Kier molecular flexibility index (Phi) is 2.71. The Labute approximate surface area is 110 Å². The van der Waals surface area contributed by atoms with E-state index in [1.54, 1.807) is 0 Å². The van der Waals surface area contributed by atoms with Gasteiger partial charge in [-0.25, -0.2) is 13.6 Å². The van der Waals surface area contributed by atoms with Crippen LogP contribution >= 0.6 is 0 Å². The fraction of sp³-hybridized carbons (Fsp3) is 0. The fourth-order valence-corrected chi connectivity index (χ4v) is 1.92. The van der Waals surface area contributed by atoms with Gasteiger partial charge in [-0.1, -0.05) is 0 Å². The van der Waals surface area contributed by atoms with E-state index in [0.717, 1.165) is 12.1 Å². The number of hydrogen-bond acceptors (Lipinski definition) is 3. The van der Waals surface area contributed by atoms with Gasteiger partial charge in [0.25, 0.3) is 0 Å². The number of nitrogens with one attached hydrogen (secondary N) is 1. The molecular weight excluding hydrogens is 268 g/mol. The van der Waals surface area contributed by atoms with Gasteiger partial charge < -0.3 is 4.42 Å². The summed E-state index contributed by atoms with van der Waals surface area (Å²) in [5.41, 5.74) is 0.531. The summed E-state index contributed by atoms with van der Waals surface area (Å²) in [5.74, 6) is -2.96. The molecule has 0 saturated carbocycles. The molecule has 0 saturated heterocycles. The van der Waals surface area contributed by atoms with Crippen molar-refractivity contribution in [3.63, 3.8) is 0 Å². The number of halogens is 2. The van der Waals surface area contributed by atoms with Gasteiger partial charge in [-0.3, -0.25) is 9.78 Å². The number of H-pyrrole nitrogens is 1. The van der Waals surface area contributed by atoms with Crippen molar-refractivity contribution in [2.45, 2.75) is 0 Å². The quantitative estimate of drug-likeness (QED) is 0.731. The number of oxazole rings is 1. The number of benzene rings is 2. The zero-order valence-electron chi connectivity index (χ0n) is 9.94. The summed E-state index contributed by atoms with van der Waals surface area (Å²) < 4.78 is 31.2. The Morgan fingerprint density at radius 3 is 2.65 bits per heavy atom. The predicted molar refractivity (Wildman–Crippen MR) is 66.6 cm³/mol. The minimum Gasteiger partial charge on any atom is -0.408 e. The molecule has 100 valence electrons. The highest BCUT2D eigenvalue weighted by Crippen LogP contribution is 2.18. The molecule has 0 radical (unpaired) electrons. The molecule has 0 unspecified atom stereocenters. The minimum atomic E-state index is -0.939. The van der Waals surface area contributed by atoms with Crippen LogP contribution in [0.1, 0.15) is 15.9 Å². The van der Waals surface area contributed by atoms with Gasteiger partial charge in [-0.05, 0) is 30.3 Å². The van der Waals surface area contributed by atoms with Crippen LogP contribution in [0.4, 0.5) is 8.78 Å². The Hall–Kier alpha value is -2.76. The smallest absolute Gasteiger partial charge is 0.408 e. The lowest BCUT2D eigenvalue weighted by Gasteiger charge is -2.02. The first-order valence-electron chi connectivity index (χ1n) is 5.67. The summed E-state index contributed by atoms with van der Waals surface area (Å²) in [6, 6.07) is 6.96. The standard InChI is InChI=1S/C14H7F2NO3/c15-8-2-3-9(10(16)6-8)13(18)7-1-4-11-12(5-7)20-14(19)17-11/h1-6H,(H,17,19). The zero-order valence-corrected chi connectivity index (χ0v) is 9.94. The Morgan fingerprint density at radius 2 is 1.90 bits per heavy atom. The lowest BCUT2D eigenvalue weighted by molar-refractivity contribution is 0.103. The Balaban J connectivity index is 2.09. The number of carbonyl (C=O) groups is 1. The van der Waals surface area contributed by atoms with E-state index in [1.807, 2.05) is 0 Å². The summed E-state index contributed by atoms with van der Waals surface area (Å²) in [6.07, 6.45) is 0. The van der Waals surface area contributed by atoms with Crippen molar-refractivity contribution >= 4 is 16.9 Å². The number of fused-ring (bicyclic) bond motifs is 1. The molecule has 0 fully saturated rings. The molecule has 1 aromatic heterocycles. The molecule has 0 amide bonds. The lowest BCUT2D eigenvalue weighted by Crippen LogP contribution is -2.04. The molecule has 1 N–H and O–H groups in total. The van der Waals surface area contributed by atoms with E-state index in [2.05, 4.69) is 4.98 Å². The molecular formula is C14H7F2NO3. The van der Waals surface area contributed by atoms with Gasteiger partial charge in [0.15, 0.2) is 11.4 Å². The molecule has 0 aliphatic carbocycles. The minimum absolute atomic E-state index is 0.144. The second-order valence-electron chi connectivity index (χ2n) is 4.18. The van der Waals surface area contributed by atoms with E-state index in [-0.39, 0.29) is 16.7 Å². The Morgan fingerprint density at radius 1 is 1.10 bits per heavy atom. The first-order chi connectivity index (χ1) is 9.54. The van der Waals surface area contributed by atoms with Crippen molar-refractivity contribution in [1.82, 2.24) is 4.98 Å². The van der Waals surface area contributed by atoms with Crippen LogP contribution in [0.5, 0.6) is 0 Å². The molecule has 0 spiro atoms. The maximum Gasteiger partial charge on any atom is 0.417 e. The van der Waals surface area contributed by atoms with E-state index in [1.165, 1.54) is 18.2 Å². The Bertz CT molecular complexity index is 880. The third kappa shape index (κ3) is 2.01. The second kappa shape index (κ2) is 4.41. The molecule has 0 aliphatic rings. The maximum absolute atomic E-state index is 13.6. The number of rotatable bonds is 2. The highest BCUT2D eigenvalue weighted by molar-refractivity contribution is 6.10. The van der Waals surface area contributed by atoms with E-state index < -0.39 is 23.2 Å². The van der Waals surface area contributed by atoms with E-state index in [4.69, 9.17) is 4.42 Å². The van der Waals surface area contributed by atoms with E-state index in [9.17, 15) is 18.4 Å². The number of carbonyl (C=O) groups excluding carboxylic acids is 1. The lowest BCUT2D eigenvalue weighted by atomic mass is 10.0. The number of aromatic amines is 1. The number of aromatic nitrogens is 1. The SMILES string of the molecule is O=C(c1ccc2[nH]c(=O)oc2c1)c1ccc(F)cc1F. The van der Waals surface area contributed by atoms with Crippen molar-refractivity contribution in [1.29, 1.82) is 0 Å². The first kappa shape index (κ1) is 12.3. The summed E-state index contributed by atoms with van der Waals surface area (Å²) >= 11 is 0. The van der Waals surface area contributed by atoms with Gasteiger partial charge in [0.1, 0.15) is 11.6 Å². The molecule has 6 heteroatoms. The summed E-state index contributed by atoms with van der Waals surface area (Å²) in [6.45, 7) is 0. The van der Waals surface area contributed by atoms with E-state index in [0.29, 0.717) is 11.6 Å². The topological polar surface area (TPSA) is 63.1 Å². The van der Waals surface area contributed by atoms with E-state index >= 15 is 0 Å². The molecule has 3 rings (SSSR count). The van der Waals surface area contributed by atoms with Crippen molar-refractivity contribution in [2.24, 2.45) is 0 Å². The van der Waals surface area contributed by atoms with Crippen molar-refractivity contribution < 1.29 is 18.0 Å². The average molecular weight is 275 g/mol. The van der Waals surface area contributed by atoms with Gasteiger partial charge in [-0.2, -0.15) is 0 Å². The van der Waals surface area contributed by atoms with Crippen LogP contribution in [0.15, 0.2) is 45.6 Å². The van der Waals surface area contributed by atoms with Crippen LogP contribution in [0, 0.1) is 11.6 Å². The highest BCUT2D eigenvalue weighted by atomic mass is 19.1. The van der Waals surface area contributed by atoms with Crippen LogP contribution < -0.4 is 5.76 Å². The third-order valence-electron chi connectivity index (χ3n) is 2.86. The second-order valence-corrected chi connectivity index (χ2v) is 4.18. The molecule has 3 aromatic rings. The average Bonchev–Trinajstić information content (AvgIpc) is 2.77. The van der Waals surface area contributed by atoms with Crippen molar-refractivity contribution in [2.75, 3.05) is 0 Å². The van der Waals surface area contributed by atoms with Gasteiger partial charge in [0.2, 0.25) is 0 Å². The summed E-state index contributed by atoms with van der Waals surface area (Å²) in [5, 5.41) is 0. The highest BCUT2D eigenvalue weighted by Gasteiger charge is 2.16. The molecule has 0 bridgehead atoms. The van der Waals surface area contributed by atoms with Gasteiger partial charge in [-0.15, -0.1) is 0 Å². The monoisotopic (exact) mass is 275 g/mol. The van der Waals surface area contributed by atoms with Crippen molar-refractivity contribution in [3.8, 4) is 0 Å². The maximum atomic E-state index is 13.6. The number of ketones is 1. The fourth-order valence-electron chi connectivity index (χ4n) is 1.92. The molecule has 0 aliphatic heterocycles. The number of hydrogen-bond donors (Lipinski definition) is 1.